The Morgan fingerprint density at radius 2 is 2.14 bits per heavy atom. The van der Waals surface area contributed by atoms with Crippen molar-refractivity contribution in [2.24, 2.45) is 11.5 Å². The largest absolute Gasteiger partial charge is 0.362 e. The van der Waals surface area contributed by atoms with E-state index in [2.05, 4.69) is 26.2 Å². The van der Waals surface area contributed by atoms with E-state index in [9.17, 15) is 4.39 Å². The first kappa shape index (κ1) is 11.4. The molecule has 0 saturated heterocycles. The van der Waals surface area contributed by atoms with Crippen molar-refractivity contribution in [3.63, 3.8) is 0 Å². The van der Waals surface area contributed by atoms with E-state index in [1.165, 1.54) is 12.3 Å². The van der Waals surface area contributed by atoms with Crippen molar-refractivity contribution in [3.8, 4) is 0 Å². The molecule has 0 unspecified atom stereocenters. The molecule has 78 valence electrons. The minimum Gasteiger partial charge on any atom is -0.362 e. The SMILES string of the molecule is NCC(CN)Nc1ncc(Br)cc1F. The molecule has 0 amide bonds. The van der Waals surface area contributed by atoms with Crippen LogP contribution >= 0.6 is 15.9 Å². The predicted octanol–water partition coefficient (Wildman–Crippen LogP) is 0.681. The Hall–Kier alpha value is -0.720. The molecule has 0 fully saturated rings. The van der Waals surface area contributed by atoms with Crippen LogP contribution in [0.2, 0.25) is 0 Å². The van der Waals surface area contributed by atoms with E-state index >= 15 is 0 Å². The first-order valence-corrected chi connectivity index (χ1v) is 4.94. The average molecular weight is 263 g/mol. The summed E-state index contributed by atoms with van der Waals surface area (Å²) in [6, 6.07) is 1.18. The number of anilines is 1. The Morgan fingerprint density at radius 3 is 2.64 bits per heavy atom. The standard InChI is InChI=1S/C8H12BrFN4/c9-5-1-7(10)8(13-4-5)14-6(2-11)3-12/h1,4,6H,2-3,11-12H2,(H,13,14). The maximum absolute atomic E-state index is 13.2. The van der Waals surface area contributed by atoms with Crippen molar-refractivity contribution in [3.05, 3.63) is 22.6 Å². The second-order valence-corrected chi connectivity index (χ2v) is 3.71. The molecule has 0 aliphatic rings. The molecule has 1 rings (SSSR count). The number of nitrogens with one attached hydrogen (secondary N) is 1. The monoisotopic (exact) mass is 262 g/mol. The zero-order valence-corrected chi connectivity index (χ0v) is 9.09. The summed E-state index contributed by atoms with van der Waals surface area (Å²) in [5.74, 6) is -0.250. The number of hydrogen-bond acceptors (Lipinski definition) is 4. The van der Waals surface area contributed by atoms with E-state index in [0.29, 0.717) is 17.6 Å². The van der Waals surface area contributed by atoms with Gasteiger partial charge in [0.05, 0.1) is 6.04 Å². The summed E-state index contributed by atoms with van der Waals surface area (Å²) in [6.07, 6.45) is 1.51. The molecular formula is C8H12BrFN4. The molecule has 4 nitrogen and oxygen atoms in total. The average Bonchev–Trinajstić information content (AvgIpc) is 2.17. The Balaban J connectivity index is 2.76. The van der Waals surface area contributed by atoms with Gasteiger partial charge in [-0.1, -0.05) is 0 Å². The second-order valence-electron chi connectivity index (χ2n) is 2.80. The topological polar surface area (TPSA) is 77.0 Å². The van der Waals surface area contributed by atoms with Crippen LogP contribution in [-0.4, -0.2) is 24.1 Å². The summed E-state index contributed by atoms with van der Waals surface area (Å²) in [5, 5.41) is 2.82. The fourth-order valence-electron chi connectivity index (χ4n) is 0.928. The maximum Gasteiger partial charge on any atom is 0.166 e. The molecule has 0 atom stereocenters. The normalized spacial score (nSPS) is 10.6. The van der Waals surface area contributed by atoms with Crippen molar-refractivity contribution in [2.45, 2.75) is 6.04 Å². The number of nitrogens with zero attached hydrogens (tertiary/aromatic N) is 1. The van der Waals surface area contributed by atoms with Crippen LogP contribution in [0.3, 0.4) is 0 Å². The van der Waals surface area contributed by atoms with Gasteiger partial charge in [-0.25, -0.2) is 9.37 Å². The lowest BCUT2D eigenvalue weighted by Gasteiger charge is -2.15. The Bertz CT molecular complexity index is 303. The van der Waals surface area contributed by atoms with Gasteiger partial charge in [-0.2, -0.15) is 0 Å². The molecule has 0 aromatic carbocycles. The highest BCUT2D eigenvalue weighted by molar-refractivity contribution is 9.10. The minimum atomic E-state index is -0.425. The molecule has 0 bridgehead atoms. The number of rotatable bonds is 4. The molecule has 5 N–H and O–H groups in total. The lowest BCUT2D eigenvalue weighted by Crippen LogP contribution is -2.36. The van der Waals surface area contributed by atoms with Gasteiger partial charge < -0.3 is 16.8 Å². The van der Waals surface area contributed by atoms with Crippen molar-refractivity contribution in [1.82, 2.24) is 4.98 Å². The summed E-state index contributed by atoms with van der Waals surface area (Å²) in [5.41, 5.74) is 10.8. The van der Waals surface area contributed by atoms with Gasteiger partial charge in [0.15, 0.2) is 11.6 Å². The van der Waals surface area contributed by atoms with E-state index in [1.54, 1.807) is 0 Å². The van der Waals surface area contributed by atoms with Crippen LogP contribution < -0.4 is 16.8 Å². The zero-order chi connectivity index (χ0) is 10.6. The van der Waals surface area contributed by atoms with Crippen LogP contribution in [-0.2, 0) is 0 Å². The predicted molar refractivity (Wildman–Crippen MR) is 57.4 cm³/mol. The fraction of sp³-hybridized carbons (Fsp3) is 0.375. The number of hydrogen-bond donors (Lipinski definition) is 3. The van der Waals surface area contributed by atoms with Gasteiger partial charge in [0.25, 0.3) is 0 Å². The van der Waals surface area contributed by atoms with Gasteiger partial charge in [-0.15, -0.1) is 0 Å². The first-order valence-electron chi connectivity index (χ1n) is 4.15. The Kier molecular flexibility index (Phi) is 4.24. The lowest BCUT2D eigenvalue weighted by molar-refractivity contribution is 0.616. The molecular weight excluding hydrogens is 251 g/mol. The summed E-state index contributed by atoms with van der Waals surface area (Å²) < 4.78 is 13.8. The molecule has 0 aliphatic heterocycles. The molecule has 0 radical (unpaired) electrons. The van der Waals surface area contributed by atoms with Crippen LogP contribution in [0.15, 0.2) is 16.7 Å². The van der Waals surface area contributed by atoms with Gasteiger partial charge >= 0.3 is 0 Å². The molecule has 1 aromatic rings. The van der Waals surface area contributed by atoms with Crippen molar-refractivity contribution >= 4 is 21.7 Å². The van der Waals surface area contributed by atoms with Crippen molar-refractivity contribution in [2.75, 3.05) is 18.4 Å². The molecule has 1 aromatic heterocycles. The fourth-order valence-corrected chi connectivity index (χ4v) is 1.23. The minimum absolute atomic E-state index is 0.154. The summed E-state index contributed by atoms with van der Waals surface area (Å²) in [6.45, 7) is 0.682. The van der Waals surface area contributed by atoms with E-state index in [0.717, 1.165) is 0 Å². The molecule has 0 aliphatic carbocycles. The third-order valence-electron chi connectivity index (χ3n) is 1.72. The van der Waals surface area contributed by atoms with Crippen molar-refractivity contribution in [1.29, 1.82) is 0 Å². The van der Waals surface area contributed by atoms with E-state index in [-0.39, 0.29) is 11.9 Å². The van der Waals surface area contributed by atoms with Crippen molar-refractivity contribution < 1.29 is 4.39 Å². The van der Waals surface area contributed by atoms with E-state index in [4.69, 9.17) is 11.5 Å². The molecule has 1 heterocycles. The second kappa shape index (κ2) is 5.23. The van der Waals surface area contributed by atoms with Gasteiger partial charge in [-0.3, -0.25) is 0 Å². The van der Waals surface area contributed by atoms with Crippen LogP contribution in [0.25, 0.3) is 0 Å². The lowest BCUT2D eigenvalue weighted by atomic mass is 10.3. The molecule has 0 saturated carbocycles. The van der Waals surface area contributed by atoms with Gasteiger partial charge in [0, 0.05) is 23.8 Å². The van der Waals surface area contributed by atoms with E-state index in [1.807, 2.05) is 0 Å². The maximum atomic E-state index is 13.2. The highest BCUT2D eigenvalue weighted by Gasteiger charge is 2.08. The third-order valence-corrected chi connectivity index (χ3v) is 2.15. The van der Waals surface area contributed by atoms with Gasteiger partial charge in [0.1, 0.15) is 0 Å². The summed E-state index contributed by atoms with van der Waals surface area (Å²) >= 11 is 3.12. The third kappa shape index (κ3) is 2.90. The molecule has 6 heteroatoms. The summed E-state index contributed by atoms with van der Waals surface area (Å²) in [4.78, 5) is 3.87. The molecule has 14 heavy (non-hydrogen) atoms. The van der Waals surface area contributed by atoms with Gasteiger partial charge in [0.2, 0.25) is 0 Å². The quantitative estimate of drug-likeness (QED) is 0.746. The van der Waals surface area contributed by atoms with Crippen LogP contribution in [0.5, 0.6) is 0 Å². The smallest absolute Gasteiger partial charge is 0.166 e. The van der Waals surface area contributed by atoms with Crippen LogP contribution in [0, 0.1) is 5.82 Å². The first-order chi connectivity index (χ1) is 6.67. The Morgan fingerprint density at radius 1 is 1.50 bits per heavy atom. The summed E-state index contributed by atoms with van der Waals surface area (Å²) in [7, 11) is 0. The van der Waals surface area contributed by atoms with Crippen LogP contribution in [0.1, 0.15) is 0 Å². The zero-order valence-electron chi connectivity index (χ0n) is 7.50. The number of pyridine rings is 1. The van der Waals surface area contributed by atoms with Gasteiger partial charge in [-0.05, 0) is 22.0 Å². The molecule has 0 spiro atoms. The Labute approximate surface area is 90.0 Å². The highest BCUT2D eigenvalue weighted by atomic mass is 79.9. The number of halogens is 2. The number of aromatic nitrogens is 1. The van der Waals surface area contributed by atoms with E-state index < -0.39 is 5.82 Å². The number of nitrogens with two attached hydrogens (primary N) is 2. The van der Waals surface area contributed by atoms with Crippen LogP contribution in [0.4, 0.5) is 10.2 Å². The highest BCUT2D eigenvalue weighted by Crippen LogP contribution is 2.16.